The first-order valence-electron chi connectivity index (χ1n) is 5.86. The normalized spacial score (nSPS) is 10.1. The van der Waals surface area contributed by atoms with Crippen molar-refractivity contribution < 1.29 is 19.6 Å². The van der Waals surface area contributed by atoms with Crippen LogP contribution in [-0.4, -0.2) is 16.0 Å². The van der Waals surface area contributed by atoms with Crippen molar-refractivity contribution in [3.8, 4) is 5.75 Å². The van der Waals surface area contributed by atoms with Gasteiger partial charge in [0.15, 0.2) is 0 Å². The van der Waals surface area contributed by atoms with Crippen LogP contribution in [0.2, 0.25) is 5.02 Å². The van der Waals surface area contributed by atoms with Gasteiger partial charge >= 0.3 is 5.97 Å². The minimum Gasteiger partial charge on any atom is -0.489 e. The van der Waals surface area contributed by atoms with Crippen LogP contribution in [0.5, 0.6) is 5.75 Å². The van der Waals surface area contributed by atoms with Crippen molar-refractivity contribution in [3.05, 3.63) is 68.7 Å². The first kappa shape index (κ1) is 14.8. The van der Waals surface area contributed by atoms with E-state index in [1.165, 1.54) is 6.07 Å². The van der Waals surface area contributed by atoms with E-state index in [0.29, 0.717) is 5.02 Å². The summed E-state index contributed by atoms with van der Waals surface area (Å²) in [6.07, 6.45) is 0. The smallest absolute Gasteiger partial charge is 0.342 e. The summed E-state index contributed by atoms with van der Waals surface area (Å²) in [6.45, 7) is 0.195. The second-order valence-electron chi connectivity index (χ2n) is 4.16. The monoisotopic (exact) mass is 307 g/mol. The Balaban J connectivity index is 2.17. The molecule has 0 saturated heterocycles. The minimum atomic E-state index is -1.36. The fourth-order valence-corrected chi connectivity index (χ4v) is 1.81. The van der Waals surface area contributed by atoms with E-state index < -0.39 is 16.6 Å². The molecule has 0 aliphatic heterocycles. The maximum absolute atomic E-state index is 10.9. The number of nitro groups is 1. The lowest BCUT2D eigenvalue weighted by Gasteiger charge is -2.07. The lowest BCUT2D eigenvalue weighted by Crippen LogP contribution is -2.03. The van der Waals surface area contributed by atoms with Crippen LogP contribution < -0.4 is 4.74 Å². The van der Waals surface area contributed by atoms with Crippen LogP contribution in [0, 0.1) is 10.1 Å². The highest BCUT2D eigenvalue weighted by atomic mass is 35.5. The zero-order chi connectivity index (χ0) is 15.4. The van der Waals surface area contributed by atoms with Crippen LogP contribution in [-0.2, 0) is 6.61 Å². The summed E-state index contributed by atoms with van der Waals surface area (Å²) in [7, 11) is 0. The highest BCUT2D eigenvalue weighted by Gasteiger charge is 2.20. The SMILES string of the molecule is O=C(O)c1ccc(OCc2ccc(Cl)cc2)cc1[N+](=O)[O-]. The molecule has 0 saturated carbocycles. The van der Waals surface area contributed by atoms with Crippen molar-refractivity contribution in [1.29, 1.82) is 0 Å². The maximum atomic E-state index is 10.9. The summed E-state index contributed by atoms with van der Waals surface area (Å²) in [6, 6.07) is 10.6. The van der Waals surface area contributed by atoms with Gasteiger partial charge in [0.25, 0.3) is 5.69 Å². The van der Waals surface area contributed by atoms with E-state index >= 15 is 0 Å². The molecule has 0 aromatic heterocycles. The van der Waals surface area contributed by atoms with Gasteiger partial charge in [0.1, 0.15) is 17.9 Å². The van der Waals surface area contributed by atoms with Crippen LogP contribution in [0.1, 0.15) is 15.9 Å². The number of carboxylic acid groups (broad SMARTS) is 1. The number of halogens is 1. The lowest BCUT2D eigenvalue weighted by atomic mass is 10.1. The molecule has 0 amide bonds. The Kier molecular flexibility index (Phi) is 4.39. The number of carboxylic acids is 1. The molecule has 2 aromatic rings. The van der Waals surface area contributed by atoms with Crippen LogP contribution in [0.25, 0.3) is 0 Å². The Bertz CT molecular complexity index is 684. The van der Waals surface area contributed by atoms with Gasteiger partial charge in [-0.15, -0.1) is 0 Å². The molecule has 0 bridgehead atoms. The summed E-state index contributed by atoms with van der Waals surface area (Å²) in [5, 5.41) is 20.3. The number of ether oxygens (including phenoxy) is 1. The van der Waals surface area contributed by atoms with Gasteiger partial charge in [-0.1, -0.05) is 23.7 Å². The van der Waals surface area contributed by atoms with E-state index in [9.17, 15) is 14.9 Å². The van der Waals surface area contributed by atoms with Crippen molar-refractivity contribution in [1.82, 2.24) is 0 Å². The largest absolute Gasteiger partial charge is 0.489 e. The molecule has 21 heavy (non-hydrogen) atoms. The highest BCUT2D eigenvalue weighted by molar-refractivity contribution is 6.30. The quantitative estimate of drug-likeness (QED) is 0.674. The van der Waals surface area contributed by atoms with E-state index in [4.69, 9.17) is 21.4 Å². The van der Waals surface area contributed by atoms with Gasteiger partial charge in [-0.3, -0.25) is 10.1 Å². The number of hydrogen-bond acceptors (Lipinski definition) is 4. The fourth-order valence-electron chi connectivity index (χ4n) is 1.68. The minimum absolute atomic E-state index is 0.195. The Morgan fingerprint density at radius 1 is 1.24 bits per heavy atom. The maximum Gasteiger partial charge on any atom is 0.342 e. The van der Waals surface area contributed by atoms with Crippen LogP contribution >= 0.6 is 11.6 Å². The third kappa shape index (κ3) is 3.70. The molecule has 0 spiro atoms. The van der Waals surface area contributed by atoms with Gasteiger partial charge in [-0.25, -0.2) is 4.79 Å². The van der Waals surface area contributed by atoms with Crippen molar-refractivity contribution in [3.63, 3.8) is 0 Å². The molecule has 0 unspecified atom stereocenters. The average Bonchev–Trinajstić information content (AvgIpc) is 2.46. The number of hydrogen-bond donors (Lipinski definition) is 1. The number of nitrogens with zero attached hydrogens (tertiary/aromatic N) is 1. The second kappa shape index (κ2) is 6.23. The molecule has 0 aliphatic carbocycles. The van der Waals surface area contributed by atoms with Crippen molar-refractivity contribution in [2.75, 3.05) is 0 Å². The number of benzene rings is 2. The fraction of sp³-hybridized carbons (Fsp3) is 0.0714. The number of nitro benzene ring substituents is 1. The van der Waals surface area contributed by atoms with Crippen molar-refractivity contribution >= 4 is 23.3 Å². The van der Waals surface area contributed by atoms with Gasteiger partial charge in [0.2, 0.25) is 0 Å². The zero-order valence-electron chi connectivity index (χ0n) is 10.7. The molecule has 0 heterocycles. The third-order valence-electron chi connectivity index (χ3n) is 2.72. The van der Waals surface area contributed by atoms with E-state index in [-0.39, 0.29) is 17.9 Å². The number of aromatic carboxylic acids is 1. The van der Waals surface area contributed by atoms with E-state index in [0.717, 1.165) is 17.7 Å². The predicted molar refractivity (Wildman–Crippen MR) is 75.8 cm³/mol. The first-order chi connectivity index (χ1) is 9.97. The lowest BCUT2D eigenvalue weighted by molar-refractivity contribution is -0.385. The average molecular weight is 308 g/mol. The number of rotatable bonds is 5. The molecule has 6 nitrogen and oxygen atoms in total. The number of carbonyl (C=O) groups is 1. The summed E-state index contributed by atoms with van der Waals surface area (Å²) in [5.41, 5.74) is -0.0423. The summed E-state index contributed by atoms with van der Waals surface area (Å²) >= 11 is 5.76. The molecule has 0 radical (unpaired) electrons. The molecule has 0 aliphatic rings. The molecule has 108 valence electrons. The van der Waals surface area contributed by atoms with Gasteiger partial charge in [0.05, 0.1) is 11.0 Å². The van der Waals surface area contributed by atoms with E-state index in [1.54, 1.807) is 24.3 Å². The molecule has 2 aromatic carbocycles. The van der Waals surface area contributed by atoms with Gasteiger partial charge in [-0.2, -0.15) is 0 Å². The molecular weight excluding hydrogens is 298 g/mol. The molecule has 1 N–H and O–H groups in total. The molecule has 7 heteroatoms. The van der Waals surface area contributed by atoms with Crippen molar-refractivity contribution in [2.24, 2.45) is 0 Å². The Labute approximate surface area is 124 Å². The topological polar surface area (TPSA) is 89.7 Å². The Hall–Kier alpha value is -2.60. The van der Waals surface area contributed by atoms with Gasteiger partial charge in [-0.05, 0) is 29.8 Å². The highest BCUT2D eigenvalue weighted by Crippen LogP contribution is 2.25. The molecular formula is C14H10ClNO5. The standard InChI is InChI=1S/C14H10ClNO5/c15-10-3-1-9(2-4-10)8-21-11-5-6-12(14(17)18)13(7-11)16(19)20/h1-7H,8H2,(H,17,18). The second-order valence-corrected chi connectivity index (χ2v) is 4.59. The zero-order valence-corrected chi connectivity index (χ0v) is 11.4. The third-order valence-corrected chi connectivity index (χ3v) is 2.97. The van der Waals surface area contributed by atoms with Gasteiger partial charge < -0.3 is 9.84 Å². The summed E-state index contributed by atoms with van der Waals surface area (Å²) in [4.78, 5) is 21.0. The Morgan fingerprint density at radius 3 is 2.48 bits per heavy atom. The van der Waals surface area contributed by atoms with Gasteiger partial charge in [0, 0.05) is 5.02 Å². The molecule has 2 rings (SSSR count). The van der Waals surface area contributed by atoms with Crippen LogP contribution in [0.15, 0.2) is 42.5 Å². The van der Waals surface area contributed by atoms with E-state index in [1.807, 2.05) is 0 Å². The molecule has 0 atom stereocenters. The van der Waals surface area contributed by atoms with E-state index in [2.05, 4.69) is 0 Å². The van der Waals surface area contributed by atoms with Crippen LogP contribution in [0.4, 0.5) is 5.69 Å². The predicted octanol–water partition coefficient (Wildman–Crippen LogP) is 3.53. The summed E-state index contributed by atoms with van der Waals surface area (Å²) in [5.74, 6) is -1.13. The molecule has 0 fully saturated rings. The Morgan fingerprint density at radius 2 is 1.90 bits per heavy atom. The van der Waals surface area contributed by atoms with Crippen LogP contribution in [0.3, 0.4) is 0 Å². The first-order valence-corrected chi connectivity index (χ1v) is 6.24. The summed E-state index contributed by atoms with van der Waals surface area (Å²) < 4.78 is 5.42. The van der Waals surface area contributed by atoms with Crippen molar-refractivity contribution in [2.45, 2.75) is 6.61 Å².